The van der Waals surface area contributed by atoms with Crippen LogP contribution in [0.4, 0.5) is 0 Å². The number of benzene rings is 1. The smallest absolute Gasteiger partial charge is 0.261 e. The molecule has 1 amide bonds. The van der Waals surface area contributed by atoms with E-state index in [0.717, 1.165) is 6.42 Å². The van der Waals surface area contributed by atoms with Crippen molar-refractivity contribution in [2.24, 2.45) is 5.90 Å². The zero-order valence-electron chi connectivity index (χ0n) is 11.1. The Kier molecular flexibility index (Phi) is 4.24. The Bertz CT molecular complexity index is 442. The van der Waals surface area contributed by atoms with Crippen LogP contribution in [-0.4, -0.2) is 44.2 Å². The van der Waals surface area contributed by atoms with Crippen LogP contribution in [0.5, 0.6) is 11.5 Å². The van der Waals surface area contributed by atoms with Crippen molar-refractivity contribution in [3.63, 3.8) is 0 Å². The lowest BCUT2D eigenvalue weighted by Gasteiger charge is -2.19. The van der Waals surface area contributed by atoms with Crippen molar-refractivity contribution in [3.8, 4) is 11.5 Å². The highest BCUT2D eigenvalue weighted by molar-refractivity contribution is 5.99. The van der Waals surface area contributed by atoms with E-state index in [2.05, 4.69) is 0 Å². The highest BCUT2D eigenvalue weighted by Gasteiger charge is 2.30. The van der Waals surface area contributed by atoms with E-state index in [9.17, 15) is 4.79 Å². The van der Waals surface area contributed by atoms with Crippen molar-refractivity contribution in [1.29, 1.82) is 0 Å². The molecule has 19 heavy (non-hydrogen) atoms. The van der Waals surface area contributed by atoms with Crippen molar-refractivity contribution in [1.82, 2.24) is 4.90 Å². The summed E-state index contributed by atoms with van der Waals surface area (Å²) in [5, 5.41) is 0. The summed E-state index contributed by atoms with van der Waals surface area (Å²) >= 11 is 0. The third kappa shape index (κ3) is 2.64. The lowest BCUT2D eigenvalue weighted by Crippen LogP contribution is -2.31. The van der Waals surface area contributed by atoms with Crippen LogP contribution < -0.4 is 15.4 Å². The molecule has 6 nitrogen and oxygen atoms in total. The summed E-state index contributed by atoms with van der Waals surface area (Å²) < 4.78 is 10.5. The van der Waals surface area contributed by atoms with Crippen LogP contribution in [0, 0.1) is 0 Å². The third-order valence-electron chi connectivity index (χ3n) is 3.27. The maximum absolute atomic E-state index is 12.5. The molecule has 6 heteroatoms. The van der Waals surface area contributed by atoms with Gasteiger partial charge in [-0.15, -0.1) is 0 Å². The van der Waals surface area contributed by atoms with E-state index in [4.69, 9.17) is 20.2 Å². The molecule has 2 rings (SSSR count). The summed E-state index contributed by atoms with van der Waals surface area (Å²) in [4.78, 5) is 19.0. The van der Waals surface area contributed by atoms with Gasteiger partial charge >= 0.3 is 0 Å². The average Bonchev–Trinajstić information content (AvgIpc) is 2.94. The minimum atomic E-state index is -0.131. The van der Waals surface area contributed by atoms with Gasteiger partial charge in [-0.1, -0.05) is 6.07 Å². The monoisotopic (exact) mass is 266 g/mol. The maximum Gasteiger partial charge on any atom is 0.261 e. The number of hydrogen-bond acceptors (Lipinski definition) is 5. The molecule has 1 aromatic carbocycles. The van der Waals surface area contributed by atoms with E-state index in [1.165, 1.54) is 14.2 Å². The number of hydrogen-bond donors (Lipinski definition) is 1. The van der Waals surface area contributed by atoms with E-state index < -0.39 is 0 Å². The summed E-state index contributed by atoms with van der Waals surface area (Å²) in [5.74, 6) is 6.03. The van der Waals surface area contributed by atoms with Gasteiger partial charge in [0, 0.05) is 13.1 Å². The molecule has 0 aliphatic carbocycles. The minimum Gasteiger partial charge on any atom is -0.496 e. The fourth-order valence-electron chi connectivity index (χ4n) is 2.24. The normalized spacial score (nSPS) is 18.5. The summed E-state index contributed by atoms with van der Waals surface area (Å²) in [6.07, 6.45) is 0.629. The van der Waals surface area contributed by atoms with E-state index in [1.807, 2.05) is 0 Å². The van der Waals surface area contributed by atoms with Crippen LogP contribution in [0.1, 0.15) is 16.8 Å². The molecule has 1 aromatic rings. The molecule has 0 radical (unpaired) electrons. The van der Waals surface area contributed by atoms with Gasteiger partial charge in [0.1, 0.15) is 17.1 Å². The Morgan fingerprint density at radius 2 is 1.95 bits per heavy atom. The quantitative estimate of drug-likeness (QED) is 0.816. The minimum absolute atomic E-state index is 0.107. The molecule has 1 aliphatic rings. The molecule has 1 aliphatic heterocycles. The molecule has 1 saturated heterocycles. The number of rotatable bonds is 4. The van der Waals surface area contributed by atoms with E-state index in [0.29, 0.717) is 30.2 Å². The first-order valence-corrected chi connectivity index (χ1v) is 6.07. The first-order valence-electron chi connectivity index (χ1n) is 6.07. The van der Waals surface area contributed by atoms with Gasteiger partial charge in [-0.2, -0.15) is 0 Å². The van der Waals surface area contributed by atoms with Crippen LogP contribution in [0.2, 0.25) is 0 Å². The zero-order chi connectivity index (χ0) is 13.8. The first-order chi connectivity index (χ1) is 9.21. The third-order valence-corrected chi connectivity index (χ3v) is 3.27. The number of ether oxygens (including phenoxy) is 2. The Morgan fingerprint density at radius 3 is 2.42 bits per heavy atom. The SMILES string of the molecule is COc1cccc(OC)c1C(=O)N1CCC(ON)C1. The van der Waals surface area contributed by atoms with Gasteiger partial charge in [0.05, 0.1) is 20.3 Å². The molecule has 1 unspecified atom stereocenters. The summed E-state index contributed by atoms with van der Waals surface area (Å²) in [5.41, 5.74) is 0.435. The van der Waals surface area contributed by atoms with Gasteiger partial charge in [-0.3, -0.25) is 9.63 Å². The van der Waals surface area contributed by atoms with E-state index in [-0.39, 0.29) is 12.0 Å². The van der Waals surface area contributed by atoms with Crippen LogP contribution in [0.3, 0.4) is 0 Å². The van der Waals surface area contributed by atoms with Gasteiger partial charge in [0.2, 0.25) is 0 Å². The largest absolute Gasteiger partial charge is 0.496 e. The second-order valence-corrected chi connectivity index (χ2v) is 4.34. The fraction of sp³-hybridized carbons (Fsp3) is 0.462. The molecule has 1 heterocycles. The number of amides is 1. The molecule has 2 N–H and O–H groups in total. The average molecular weight is 266 g/mol. The predicted octanol–water partition coefficient (Wildman–Crippen LogP) is 0.809. The van der Waals surface area contributed by atoms with Gasteiger partial charge in [-0.25, -0.2) is 5.90 Å². The Balaban J connectivity index is 2.28. The van der Waals surface area contributed by atoms with Gasteiger partial charge in [0.15, 0.2) is 0 Å². The second kappa shape index (κ2) is 5.90. The van der Waals surface area contributed by atoms with Gasteiger partial charge < -0.3 is 14.4 Å². The summed E-state index contributed by atoms with van der Waals surface area (Å²) in [7, 11) is 3.06. The van der Waals surface area contributed by atoms with Crippen molar-refractivity contribution >= 4 is 5.91 Å². The molecular weight excluding hydrogens is 248 g/mol. The number of methoxy groups -OCH3 is 2. The predicted molar refractivity (Wildman–Crippen MR) is 69.1 cm³/mol. The number of carbonyl (C=O) groups excluding carboxylic acids is 1. The summed E-state index contributed by atoms with van der Waals surface area (Å²) in [6, 6.07) is 5.26. The second-order valence-electron chi connectivity index (χ2n) is 4.34. The molecular formula is C13H18N2O4. The fourth-order valence-corrected chi connectivity index (χ4v) is 2.24. The molecule has 0 aromatic heterocycles. The standard InChI is InChI=1S/C13H18N2O4/c1-17-10-4-3-5-11(18-2)12(10)13(16)15-7-6-9(8-15)19-14/h3-5,9H,6-8,14H2,1-2H3. The highest BCUT2D eigenvalue weighted by Crippen LogP contribution is 2.30. The molecule has 104 valence electrons. The molecule has 0 saturated carbocycles. The number of likely N-dealkylation sites (tertiary alicyclic amines) is 1. The van der Waals surface area contributed by atoms with Crippen molar-refractivity contribution in [3.05, 3.63) is 23.8 Å². The molecule has 0 spiro atoms. The number of carbonyl (C=O) groups is 1. The van der Waals surface area contributed by atoms with Crippen LogP contribution >= 0.6 is 0 Å². The van der Waals surface area contributed by atoms with Crippen LogP contribution in [0.25, 0.3) is 0 Å². The lowest BCUT2D eigenvalue weighted by molar-refractivity contribution is 0.0535. The molecule has 0 bridgehead atoms. The number of nitrogens with zero attached hydrogens (tertiary/aromatic N) is 1. The Labute approximate surface area is 112 Å². The van der Waals surface area contributed by atoms with Gasteiger partial charge in [0.25, 0.3) is 5.91 Å². The highest BCUT2D eigenvalue weighted by atomic mass is 16.6. The topological polar surface area (TPSA) is 74.0 Å². The van der Waals surface area contributed by atoms with Crippen molar-refractivity contribution in [2.75, 3.05) is 27.3 Å². The van der Waals surface area contributed by atoms with Crippen molar-refractivity contribution < 1.29 is 19.1 Å². The lowest BCUT2D eigenvalue weighted by atomic mass is 10.1. The Morgan fingerprint density at radius 1 is 1.32 bits per heavy atom. The zero-order valence-corrected chi connectivity index (χ0v) is 11.1. The summed E-state index contributed by atoms with van der Waals surface area (Å²) in [6.45, 7) is 1.10. The first kappa shape index (κ1) is 13.6. The van der Waals surface area contributed by atoms with Crippen LogP contribution in [-0.2, 0) is 4.84 Å². The van der Waals surface area contributed by atoms with Crippen molar-refractivity contribution in [2.45, 2.75) is 12.5 Å². The Hall–Kier alpha value is -1.79. The van der Waals surface area contributed by atoms with Gasteiger partial charge in [-0.05, 0) is 18.6 Å². The number of nitrogens with two attached hydrogens (primary N) is 1. The molecule has 1 atom stereocenters. The van der Waals surface area contributed by atoms with E-state index in [1.54, 1.807) is 23.1 Å². The maximum atomic E-state index is 12.5. The van der Waals surface area contributed by atoms with Crippen LogP contribution in [0.15, 0.2) is 18.2 Å². The molecule has 1 fully saturated rings. The van der Waals surface area contributed by atoms with E-state index >= 15 is 0 Å².